The van der Waals surface area contributed by atoms with Crippen molar-refractivity contribution in [2.75, 3.05) is 20.2 Å². The zero-order valence-electron chi connectivity index (χ0n) is 10.2. The Balaban J connectivity index is 1.58. The minimum atomic E-state index is 0.119. The zero-order chi connectivity index (χ0) is 11.8. The van der Waals surface area contributed by atoms with Gasteiger partial charge in [-0.3, -0.25) is 4.79 Å². The summed E-state index contributed by atoms with van der Waals surface area (Å²) in [5.41, 5.74) is 0. The van der Waals surface area contributed by atoms with Gasteiger partial charge in [0.2, 0.25) is 5.91 Å². The predicted octanol–water partition coefficient (Wildman–Crippen LogP) is 0.302. The molecule has 1 heterocycles. The molecule has 0 aromatic carbocycles. The normalized spacial score (nSPS) is 43.2. The van der Waals surface area contributed by atoms with Crippen LogP contribution in [0.2, 0.25) is 0 Å². The number of hydrogen-bond donors (Lipinski definition) is 2. The van der Waals surface area contributed by atoms with Crippen LogP contribution in [-0.4, -0.2) is 38.3 Å². The van der Waals surface area contributed by atoms with E-state index in [-0.39, 0.29) is 24.0 Å². The van der Waals surface area contributed by atoms with Crippen molar-refractivity contribution in [2.24, 2.45) is 17.8 Å². The number of nitrogens with one attached hydrogen (secondary N) is 2. The number of carbonyl (C=O) groups excluding carboxylic acids is 1. The molecule has 2 bridgehead atoms. The van der Waals surface area contributed by atoms with Gasteiger partial charge in [-0.2, -0.15) is 0 Å². The monoisotopic (exact) mass is 236 g/mol. The Kier molecular flexibility index (Phi) is 2.92. The second kappa shape index (κ2) is 4.42. The van der Waals surface area contributed by atoms with E-state index in [0.717, 1.165) is 19.5 Å². The molecule has 0 aromatic rings. The fourth-order valence-electron chi connectivity index (χ4n) is 3.42. The Hall–Kier alpha value is -0.870. The second-order valence-corrected chi connectivity index (χ2v) is 5.43. The number of allylic oxidation sites excluding steroid dienone is 2. The van der Waals surface area contributed by atoms with E-state index in [2.05, 4.69) is 22.8 Å². The van der Waals surface area contributed by atoms with Crippen LogP contribution in [0.3, 0.4) is 0 Å². The highest BCUT2D eigenvalue weighted by molar-refractivity contribution is 5.80. The Bertz CT molecular complexity index is 342. The van der Waals surface area contributed by atoms with E-state index in [9.17, 15) is 4.79 Å². The topological polar surface area (TPSA) is 50.4 Å². The summed E-state index contributed by atoms with van der Waals surface area (Å²) in [7, 11) is 1.71. The van der Waals surface area contributed by atoms with Gasteiger partial charge in [0.1, 0.15) is 0 Å². The summed E-state index contributed by atoms with van der Waals surface area (Å²) in [5, 5.41) is 6.40. The summed E-state index contributed by atoms with van der Waals surface area (Å²) >= 11 is 0. The van der Waals surface area contributed by atoms with Crippen molar-refractivity contribution in [3.8, 4) is 0 Å². The third-order valence-corrected chi connectivity index (χ3v) is 4.40. The fraction of sp³-hybridized carbons (Fsp3) is 0.769. The molecule has 3 aliphatic rings. The van der Waals surface area contributed by atoms with E-state index in [4.69, 9.17) is 4.74 Å². The quantitative estimate of drug-likeness (QED) is 0.693. The van der Waals surface area contributed by atoms with Crippen LogP contribution in [0, 0.1) is 17.8 Å². The minimum Gasteiger partial charge on any atom is -0.378 e. The van der Waals surface area contributed by atoms with E-state index in [1.54, 1.807) is 7.11 Å². The molecule has 17 heavy (non-hydrogen) atoms. The number of rotatable bonds is 3. The maximum absolute atomic E-state index is 12.2. The number of hydrogen-bond acceptors (Lipinski definition) is 3. The van der Waals surface area contributed by atoms with Gasteiger partial charge in [-0.05, 0) is 24.7 Å². The van der Waals surface area contributed by atoms with Crippen LogP contribution < -0.4 is 10.6 Å². The molecule has 1 amide bonds. The molecule has 2 N–H and O–H groups in total. The fourth-order valence-corrected chi connectivity index (χ4v) is 3.42. The molecular weight excluding hydrogens is 216 g/mol. The Morgan fingerprint density at radius 3 is 2.88 bits per heavy atom. The third-order valence-electron chi connectivity index (χ3n) is 4.40. The predicted molar refractivity (Wildman–Crippen MR) is 64.4 cm³/mol. The van der Waals surface area contributed by atoms with Gasteiger partial charge in [-0.25, -0.2) is 0 Å². The maximum Gasteiger partial charge on any atom is 0.224 e. The average molecular weight is 236 g/mol. The first kappa shape index (κ1) is 11.2. The average Bonchev–Trinajstić information content (AvgIpc) is 3.03. The lowest BCUT2D eigenvalue weighted by Crippen LogP contribution is -2.46. The van der Waals surface area contributed by atoms with Gasteiger partial charge in [-0.15, -0.1) is 0 Å². The van der Waals surface area contributed by atoms with Crippen LogP contribution in [0.1, 0.15) is 12.8 Å². The number of amides is 1. The highest BCUT2D eigenvalue weighted by Gasteiger charge is 2.41. The number of carbonyl (C=O) groups is 1. The molecule has 4 nitrogen and oxygen atoms in total. The Labute approximate surface area is 102 Å². The summed E-state index contributed by atoms with van der Waals surface area (Å²) in [6.45, 7) is 1.65. The molecule has 2 aliphatic carbocycles. The molecule has 5 atom stereocenters. The Morgan fingerprint density at radius 2 is 2.24 bits per heavy atom. The van der Waals surface area contributed by atoms with E-state index in [0.29, 0.717) is 11.8 Å². The van der Waals surface area contributed by atoms with Crippen molar-refractivity contribution in [2.45, 2.75) is 25.0 Å². The molecule has 1 aliphatic heterocycles. The molecule has 2 fully saturated rings. The largest absolute Gasteiger partial charge is 0.378 e. The van der Waals surface area contributed by atoms with Crippen molar-refractivity contribution in [1.82, 2.24) is 10.6 Å². The minimum absolute atomic E-state index is 0.119. The number of fused-ring (bicyclic) bond motifs is 2. The first-order chi connectivity index (χ1) is 8.28. The first-order valence-electron chi connectivity index (χ1n) is 6.50. The van der Waals surface area contributed by atoms with E-state index in [1.165, 1.54) is 6.42 Å². The standard InChI is InChI=1S/C13H20N2O2/c1-17-12-7-14-6-11(12)15-13(16)10-5-8-2-3-9(10)4-8/h2-3,8-12,14H,4-7H2,1H3,(H,15,16)/t8?,9?,10?,11?,12-/m1/s1. The van der Waals surface area contributed by atoms with Crippen molar-refractivity contribution in [1.29, 1.82) is 0 Å². The van der Waals surface area contributed by atoms with Crippen LogP contribution >= 0.6 is 0 Å². The van der Waals surface area contributed by atoms with Gasteiger partial charge < -0.3 is 15.4 Å². The molecule has 4 unspecified atom stereocenters. The van der Waals surface area contributed by atoms with Crippen LogP contribution in [0.4, 0.5) is 0 Å². The highest BCUT2D eigenvalue weighted by atomic mass is 16.5. The number of ether oxygens (including phenoxy) is 1. The SMILES string of the molecule is CO[C@@H]1CNCC1NC(=O)C1CC2C=CC1C2. The van der Waals surface area contributed by atoms with Gasteiger partial charge in [0.05, 0.1) is 12.1 Å². The summed E-state index contributed by atoms with van der Waals surface area (Å²) in [6.07, 6.45) is 6.82. The van der Waals surface area contributed by atoms with Crippen LogP contribution in [0.5, 0.6) is 0 Å². The number of methoxy groups -OCH3 is 1. The van der Waals surface area contributed by atoms with E-state index < -0.39 is 0 Å². The van der Waals surface area contributed by atoms with Crippen LogP contribution in [0.25, 0.3) is 0 Å². The molecule has 0 aromatic heterocycles. The summed E-state index contributed by atoms with van der Waals surface area (Å²) in [4.78, 5) is 12.2. The van der Waals surface area contributed by atoms with Gasteiger partial charge in [-0.1, -0.05) is 12.2 Å². The molecular formula is C13H20N2O2. The molecule has 0 spiro atoms. The summed E-state index contributed by atoms with van der Waals surface area (Å²) < 4.78 is 5.36. The highest BCUT2D eigenvalue weighted by Crippen LogP contribution is 2.43. The molecule has 0 radical (unpaired) electrons. The van der Waals surface area contributed by atoms with Gasteiger partial charge in [0, 0.05) is 26.1 Å². The van der Waals surface area contributed by atoms with Gasteiger partial charge >= 0.3 is 0 Å². The molecule has 1 saturated carbocycles. The smallest absolute Gasteiger partial charge is 0.224 e. The van der Waals surface area contributed by atoms with Crippen LogP contribution in [-0.2, 0) is 9.53 Å². The van der Waals surface area contributed by atoms with Crippen LogP contribution in [0.15, 0.2) is 12.2 Å². The van der Waals surface area contributed by atoms with Crippen molar-refractivity contribution >= 4 is 5.91 Å². The molecule has 1 saturated heterocycles. The van der Waals surface area contributed by atoms with Crippen molar-refractivity contribution in [3.05, 3.63) is 12.2 Å². The van der Waals surface area contributed by atoms with Gasteiger partial charge in [0.25, 0.3) is 0 Å². The lowest BCUT2D eigenvalue weighted by molar-refractivity contribution is -0.127. The van der Waals surface area contributed by atoms with Crippen molar-refractivity contribution in [3.63, 3.8) is 0 Å². The van der Waals surface area contributed by atoms with E-state index >= 15 is 0 Å². The summed E-state index contributed by atoms with van der Waals surface area (Å²) in [5.74, 6) is 1.55. The molecule has 3 rings (SSSR count). The third kappa shape index (κ3) is 2.00. The lowest BCUT2D eigenvalue weighted by Gasteiger charge is -2.23. The summed E-state index contributed by atoms with van der Waals surface area (Å²) in [6, 6.07) is 0.135. The lowest BCUT2D eigenvalue weighted by atomic mass is 9.92. The first-order valence-corrected chi connectivity index (χ1v) is 6.50. The zero-order valence-corrected chi connectivity index (χ0v) is 10.2. The van der Waals surface area contributed by atoms with Gasteiger partial charge in [0.15, 0.2) is 0 Å². The second-order valence-electron chi connectivity index (χ2n) is 5.43. The van der Waals surface area contributed by atoms with Crippen molar-refractivity contribution < 1.29 is 9.53 Å². The Morgan fingerprint density at radius 1 is 1.35 bits per heavy atom. The maximum atomic E-state index is 12.2. The molecule has 94 valence electrons. The van der Waals surface area contributed by atoms with E-state index in [1.807, 2.05) is 0 Å². The molecule has 4 heteroatoms.